The molecular weight excluding hydrogens is 276 g/mol. The maximum absolute atomic E-state index is 13.5. The number of halogens is 2. The van der Waals surface area contributed by atoms with Crippen LogP contribution >= 0.6 is 0 Å². The maximum atomic E-state index is 13.5. The Morgan fingerprint density at radius 2 is 1.81 bits per heavy atom. The molecule has 0 saturated heterocycles. The van der Waals surface area contributed by atoms with Crippen LogP contribution in [-0.2, 0) is 6.54 Å². The molecule has 1 heterocycles. The van der Waals surface area contributed by atoms with E-state index in [2.05, 4.69) is 20.6 Å². The summed E-state index contributed by atoms with van der Waals surface area (Å²) in [5.41, 5.74) is 5.97. The lowest BCUT2D eigenvalue weighted by Crippen LogP contribution is -2.09. The standard InChI is InChI=1S/C14H17F2N5/c1-2-5-18-12-7-13(21-14(17)20-12)19-8-9-3-4-10(15)6-11(9)16/h3-4,6-7H,2,5,8H2,1H3,(H4,17,18,19,20,21). The lowest BCUT2D eigenvalue weighted by atomic mass is 10.2. The molecule has 7 heteroatoms. The highest BCUT2D eigenvalue weighted by atomic mass is 19.1. The molecule has 5 nitrogen and oxygen atoms in total. The number of hydrogen-bond donors (Lipinski definition) is 3. The Kier molecular flexibility index (Phi) is 4.86. The maximum Gasteiger partial charge on any atom is 0.223 e. The summed E-state index contributed by atoms with van der Waals surface area (Å²) >= 11 is 0. The van der Waals surface area contributed by atoms with Gasteiger partial charge in [0.2, 0.25) is 5.95 Å². The fourth-order valence-corrected chi connectivity index (χ4v) is 1.75. The van der Waals surface area contributed by atoms with Crippen LogP contribution in [0.15, 0.2) is 24.3 Å². The first-order chi connectivity index (χ1) is 10.1. The molecule has 2 rings (SSSR count). The van der Waals surface area contributed by atoms with Crippen molar-refractivity contribution in [1.29, 1.82) is 0 Å². The normalized spacial score (nSPS) is 10.4. The average Bonchev–Trinajstić information content (AvgIpc) is 2.43. The molecule has 0 bridgehead atoms. The van der Waals surface area contributed by atoms with Crippen molar-refractivity contribution in [2.45, 2.75) is 19.9 Å². The van der Waals surface area contributed by atoms with E-state index in [1.165, 1.54) is 12.1 Å². The molecule has 0 spiro atoms. The third-order valence-electron chi connectivity index (χ3n) is 2.77. The fourth-order valence-electron chi connectivity index (χ4n) is 1.75. The van der Waals surface area contributed by atoms with E-state index in [4.69, 9.17) is 5.73 Å². The van der Waals surface area contributed by atoms with Crippen LogP contribution in [0, 0.1) is 11.6 Å². The van der Waals surface area contributed by atoms with E-state index in [0.717, 1.165) is 19.0 Å². The van der Waals surface area contributed by atoms with Crippen molar-refractivity contribution in [3.05, 3.63) is 41.5 Å². The van der Waals surface area contributed by atoms with Crippen molar-refractivity contribution in [2.24, 2.45) is 0 Å². The summed E-state index contributed by atoms with van der Waals surface area (Å²) < 4.78 is 26.4. The van der Waals surface area contributed by atoms with Gasteiger partial charge in [-0.05, 0) is 12.5 Å². The summed E-state index contributed by atoms with van der Waals surface area (Å²) in [7, 11) is 0. The molecule has 0 saturated carbocycles. The second kappa shape index (κ2) is 6.83. The van der Waals surface area contributed by atoms with Crippen LogP contribution in [0.1, 0.15) is 18.9 Å². The fraction of sp³-hybridized carbons (Fsp3) is 0.286. The average molecular weight is 293 g/mol. The molecular formula is C14H17F2N5. The van der Waals surface area contributed by atoms with Crippen LogP contribution in [0.25, 0.3) is 0 Å². The monoisotopic (exact) mass is 293 g/mol. The van der Waals surface area contributed by atoms with Crippen molar-refractivity contribution in [3.8, 4) is 0 Å². The van der Waals surface area contributed by atoms with Gasteiger partial charge in [0, 0.05) is 30.8 Å². The van der Waals surface area contributed by atoms with Crippen LogP contribution in [0.3, 0.4) is 0 Å². The zero-order chi connectivity index (χ0) is 15.2. The van der Waals surface area contributed by atoms with Crippen LogP contribution in [-0.4, -0.2) is 16.5 Å². The van der Waals surface area contributed by atoms with Crippen molar-refractivity contribution in [1.82, 2.24) is 9.97 Å². The van der Waals surface area contributed by atoms with Gasteiger partial charge in [0.25, 0.3) is 0 Å². The predicted octanol–water partition coefficient (Wildman–Crippen LogP) is 2.77. The molecule has 0 fully saturated rings. The Balaban J connectivity index is 2.07. The molecule has 112 valence electrons. The van der Waals surface area contributed by atoms with Gasteiger partial charge in [-0.25, -0.2) is 8.78 Å². The largest absolute Gasteiger partial charge is 0.370 e. The number of anilines is 3. The van der Waals surface area contributed by atoms with Gasteiger partial charge < -0.3 is 16.4 Å². The number of nitrogens with two attached hydrogens (primary N) is 1. The SMILES string of the molecule is CCCNc1cc(NCc2ccc(F)cc2F)nc(N)n1. The minimum Gasteiger partial charge on any atom is -0.370 e. The van der Waals surface area contributed by atoms with Crippen LogP contribution < -0.4 is 16.4 Å². The van der Waals surface area contributed by atoms with E-state index in [1.807, 2.05) is 6.92 Å². The van der Waals surface area contributed by atoms with Crippen molar-refractivity contribution in [3.63, 3.8) is 0 Å². The molecule has 21 heavy (non-hydrogen) atoms. The first-order valence-electron chi connectivity index (χ1n) is 6.64. The molecule has 0 unspecified atom stereocenters. The summed E-state index contributed by atoms with van der Waals surface area (Å²) in [6.45, 7) is 2.98. The van der Waals surface area contributed by atoms with E-state index in [0.29, 0.717) is 17.2 Å². The second-order valence-electron chi connectivity index (χ2n) is 4.51. The lowest BCUT2D eigenvalue weighted by Gasteiger charge is -2.10. The highest BCUT2D eigenvalue weighted by Gasteiger charge is 2.06. The molecule has 0 atom stereocenters. The Morgan fingerprint density at radius 1 is 1.10 bits per heavy atom. The van der Waals surface area contributed by atoms with Gasteiger partial charge in [0.1, 0.15) is 23.3 Å². The van der Waals surface area contributed by atoms with Gasteiger partial charge in [-0.3, -0.25) is 0 Å². The highest BCUT2D eigenvalue weighted by Crippen LogP contribution is 2.15. The smallest absolute Gasteiger partial charge is 0.223 e. The summed E-state index contributed by atoms with van der Waals surface area (Å²) in [6.07, 6.45) is 0.952. The van der Waals surface area contributed by atoms with Gasteiger partial charge in [-0.15, -0.1) is 0 Å². The molecule has 2 aromatic rings. The minimum absolute atomic E-state index is 0.123. The molecule has 1 aromatic heterocycles. The summed E-state index contributed by atoms with van der Waals surface area (Å²) in [4.78, 5) is 8.07. The van der Waals surface area contributed by atoms with E-state index < -0.39 is 11.6 Å². The third-order valence-corrected chi connectivity index (χ3v) is 2.77. The Morgan fingerprint density at radius 3 is 2.48 bits per heavy atom. The zero-order valence-electron chi connectivity index (χ0n) is 11.7. The molecule has 0 aliphatic heterocycles. The number of nitrogen functional groups attached to an aromatic ring is 1. The van der Waals surface area contributed by atoms with E-state index in [-0.39, 0.29) is 12.5 Å². The van der Waals surface area contributed by atoms with Crippen LogP contribution in [0.4, 0.5) is 26.4 Å². The summed E-state index contributed by atoms with van der Waals surface area (Å²) in [5.74, 6) is -0.00289. The number of aromatic nitrogens is 2. The molecule has 1 aromatic carbocycles. The Hall–Kier alpha value is -2.44. The van der Waals surface area contributed by atoms with Crippen molar-refractivity contribution in [2.75, 3.05) is 22.9 Å². The zero-order valence-corrected chi connectivity index (χ0v) is 11.7. The second-order valence-corrected chi connectivity index (χ2v) is 4.51. The van der Waals surface area contributed by atoms with E-state index >= 15 is 0 Å². The van der Waals surface area contributed by atoms with Gasteiger partial charge in [0.15, 0.2) is 0 Å². The molecule has 0 aliphatic rings. The first-order valence-corrected chi connectivity index (χ1v) is 6.64. The third kappa shape index (κ3) is 4.27. The highest BCUT2D eigenvalue weighted by molar-refractivity contribution is 5.51. The number of nitrogens with one attached hydrogen (secondary N) is 2. The molecule has 0 radical (unpaired) electrons. The summed E-state index contributed by atoms with van der Waals surface area (Å²) in [5, 5.41) is 6.04. The first kappa shape index (κ1) is 15.0. The van der Waals surface area contributed by atoms with Gasteiger partial charge in [-0.1, -0.05) is 13.0 Å². The summed E-state index contributed by atoms with van der Waals surface area (Å²) in [6, 6.07) is 5.13. The molecule has 0 amide bonds. The van der Waals surface area contributed by atoms with Crippen LogP contribution in [0.2, 0.25) is 0 Å². The number of hydrogen-bond acceptors (Lipinski definition) is 5. The minimum atomic E-state index is -0.603. The van der Waals surface area contributed by atoms with Crippen molar-refractivity contribution < 1.29 is 8.78 Å². The quantitative estimate of drug-likeness (QED) is 0.763. The van der Waals surface area contributed by atoms with E-state index in [9.17, 15) is 8.78 Å². The van der Waals surface area contributed by atoms with Gasteiger partial charge in [-0.2, -0.15) is 9.97 Å². The number of benzene rings is 1. The topological polar surface area (TPSA) is 75.9 Å². The lowest BCUT2D eigenvalue weighted by molar-refractivity contribution is 0.574. The van der Waals surface area contributed by atoms with E-state index in [1.54, 1.807) is 6.07 Å². The molecule has 4 N–H and O–H groups in total. The number of nitrogens with zero attached hydrogens (tertiary/aromatic N) is 2. The Labute approximate surface area is 121 Å². The van der Waals surface area contributed by atoms with Crippen LogP contribution in [0.5, 0.6) is 0 Å². The van der Waals surface area contributed by atoms with Gasteiger partial charge in [0.05, 0.1) is 0 Å². The predicted molar refractivity (Wildman–Crippen MR) is 78.9 cm³/mol. The van der Waals surface area contributed by atoms with Crippen molar-refractivity contribution >= 4 is 17.6 Å². The Bertz CT molecular complexity index is 618. The molecule has 0 aliphatic carbocycles. The van der Waals surface area contributed by atoms with Gasteiger partial charge >= 0.3 is 0 Å². The number of rotatable bonds is 6.